The van der Waals surface area contributed by atoms with Crippen LogP contribution in [0, 0.1) is 11.3 Å². The maximum atomic E-state index is 12.8. The fraction of sp³-hybridized carbons (Fsp3) is 0.304. The van der Waals surface area contributed by atoms with Crippen molar-refractivity contribution in [3.05, 3.63) is 75.8 Å². The Balaban J connectivity index is 1.77. The van der Waals surface area contributed by atoms with Gasteiger partial charge in [-0.05, 0) is 67.0 Å². The third-order valence-corrected chi connectivity index (χ3v) is 6.22. The van der Waals surface area contributed by atoms with Gasteiger partial charge in [0.25, 0.3) is 0 Å². The number of nitrogens with zero attached hydrogens (tertiary/aromatic N) is 1. The van der Waals surface area contributed by atoms with Crippen molar-refractivity contribution in [1.29, 1.82) is 5.26 Å². The number of nitriles is 1. The molecule has 2 aromatic rings. The highest BCUT2D eigenvalue weighted by molar-refractivity contribution is 6.35. The molecule has 29 heavy (non-hydrogen) atoms. The van der Waals surface area contributed by atoms with Gasteiger partial charge in [-0.2, -0.15) is 5.26 Å². The minimum atomic E-state index is -0.727. The number of benzene rings is 2. The Morgan fingerprint density at radius 3 is 2.38 bits per heavy atom. The molecule has 1 saturated carbocycles. The SMILES string of the molecule is C=C(NC1(C(=O)NC)CCC(c2ccc(Cl)cc2Cl)CC1)c1ccc(C#N)cc1. The number of rotatable bonds is 5. The Labute approximate surface area is 181 Å². The Morgan fingerprint density at radius 2 is 1.83 bits per heavy atom. The second kappa shape index (κ2) is 8.90. The predicted molar refractivity (Wildman–Crippen MR) is 118 cm³/mol. The van der Waals surface area contributed by atoms with Gasteiger partial charge in [0.1, 0.15) is 5.54 Å². The van der Waals surface area contributed by atoms with Gasteiger partial charge in [-0.1, -0.05) is 48.0 Å². The number of likely N-dealkylation sites (N-methyl/N-ethyl adjacent to an activating group) is 1. The van der Waals surface area contributed by atoms with E-state index >= 15 is 0 Å². The summed E-state index contributed by atoms with van der Waals surface area (Å²) in [5, 5.41) is 16.4. The second-order valence-corrected chi connectivity index (χ2v) is 8.24. The molecule has 2 aromatic carbocycles. The standard InChI is InChI=1S/C23H23Cl2N3O/c1-15(17-5-3-16(14-26)4-6-17)28-23(22(29)27-2)11-9-18(10-12-23)20-8-7-19(24)13-21(20)25/h3-8,13,18,28H,1,9-12H2,2H3,(H,27,29). The van der Waals surface area contributed by atoms with Crippen molar-refractivity contribution in [3.63, 3.8) is 0 Å². The van der Waals surface area contributed by atoms with E-state index in [0.29, 0.717) is 34.1 Å². The molecule has 1 aliphatic carbocycles. The van der Waals surface area contributed by atoms with Gasteiger partial charge in [0.2, 0.25) is 5.91 Å². The van der Waals surface area contributed by atoms with Crippen LogP contribution in [0.2, 0.25) is 10.0 Å². The highest BCUT2D eigenvalue weighted by Crippen LogP contribution is 2.41. The molecule has 0 aliphatic heterocycles. The van der Waals surface area contributed by atoms with E-state index in [-0.39, 0.29) is 11.8 Å². The Bertz CT molecular complexity index is 955. The highest BCUT2D eigenvalue weighted by Gasteiger charge is 2.42. The Hall–Kier alpha value is -2.48. The van der Waals surface area contributed by atoms with E-state index in [9.17, 15) is 4.79 Å². The first-order chi connectivity index (χ1) is 13.9. The minimum absolute atomic E-state index is 0.0482. The molecule has 0 radical (unpaired) electrons. The molecule has 1 amide bonds. The predicted octanol–water partition coefficient (Wildman–Crippen LogP) is 5.27. The smallest absolute Gasteiger partial charge is 0.245 e. The lowest BCUT2D eigenvalue weighted by atomic mass is 9.73. The largest absolute Gasteiger partial charge is 0.371 e. The molecular formula is C23H23Cl2N3O. The van der Waals surface area contributed by atoms with Crippen molar-refractivity contribution in [2.45, 2.75) is 37.1 Å². The zero-order chi connectivity index (χ0) is 21.0. The van der Waals surface area contributed by atoms with Crippen LogP contribution in [0.15, 0.2) is 49.0 Å². The van der Waals surface area contributed by atoms with Crippen LogP contribution in [0.25, 0.3) is 5.70 Å². The maximum Gasteiger partial charge on any atom is 0.245 e. The minimum Gasteiger partial charge on any atom is -0.371 e. The van der Waals surface area contributed by atoms with Crippen LogP contribution in [-0.2, 0) is 4.79 Å². The topological polar surface area (TPSA) is 64.9 Å². The number of hydrogen-bond donors (Lipinski definition) is 2. The van der Waals surface area contributed by atoms with Crippen molar-refractivity contribution in [3.8, 4) is 6.07 Å². The van der Waals surface area contributed by atoms with E-state index < -0.39 is 5.54 Å². The van der Waals surface area contributed by atoms with Crippen molar-refractivity contribution in [1.82, 2.24) is 10.6 Å². The lowest BCUT2D eigenvalue weighted by Gasteiger charge is -2.40. The first-order valence-corrected chi connectivity index (χ1v) is 10.3. The summed E-state index contributed by atoms with van der Waals surface area (Å²) in [6.45, 7) is 4.13. The third kappa shape index (κ3) is 4.58. The zero-order valence-electron chi connectivity index (χ0n) is 16.3. The van der Waals surface area contributed by atoms with Gasteiger partial charge >= 0.3 is 0 Å². The Morgan fingerprint density at radius 1 is 1.17 bits per heavy atom. The van der Waals surface area contributed by atoms with E-state index in [1.54, 1.807) is 25.2 Å². The quantitative estimate of drug-likeness (QED) is 0.682. The van der Waals surface area contributed by atoms with Gasteiger partial charge in [-0.15, -0.1) is 0 Å². The average Bonchev–Trinajstić information content (AvgIpc) is 2.74. The van der Waals surface area contributed by atoms with E-state index in [1.165, 1.54) is 0 Å². The molecule has 0 heterocycles. The molecule has 0 saturated heterocycles. The van der Waals surface area contributed by atoms with Crippen LogP contribution >= 0.6 is 23.2 Å². The fourth-order valence-corrected chi connectivity index (χ4v) is 4.57. The number of carbonyl (C=O) groups excluding carboxylic acids is 1. The molecule has 0 unspecified atom stereocenters. The van der Waals surface area contributed by atoms with Crippen molar-refractivity contribution >= 4 is 34.8 Å². The lowest BCUT2D eigenvalue weighted by molar-refractivity contribution is -0.128. The number of halogens is 2. The van der Waals surface area contributed by atoms with Crippen LogP contribution in [0.5, 0.6) is 0 Å². The first-order valence-electron chi connectivity index (χ1n) is 9.53. The first kappa shape index (κ1) is 21.2. The van der Waals surface area contributed by atoms with Crippen LogP contribution in [0.3, 0.4) is 0 Å². The van der Waals surface area contributed by atoms with E-state index in [2.05, 4.69) is 23.3 Å². The van der Waals surface area contributed by atoms with Crippen LogP contribution in [0.4, 0.5) is 0 Å². The van der Waals surface area contributed by atoms with E-state index in [4.69, 9.17) is 28.5 Å². The molecule has 2 N–H and O–H groups in total. The molecule has 6 heteroatoms. The molecule has 0 bridgehead atoms. The maximum absolute atomic E-state index is 12.8. The van der Waals surface area contributed by atoms with Crippen molar-refractivity contribution in [2.75, 3.05) is 7.05 Å². The van der Waals surface area contributed by atoms with Crippen LogP contribution < -0.4 is 10.6 Å². The van der Waals surface area contributed by atoms with Crippen LogP contribution in [0.1, 0.15) is 48.3 Å². The summed E-state index contributed by atoms with van der Waals surface area (Å²) < 4.78 is 0. The van der Waals surface area contributed by atoms with E-state index in [0.717, 1.165) is 24.0 Å². The summed E-state index contributed by atoms with van der Waals surface area (Å²) in [4.78, 5) is 12.8. The third-order valence-electron chi connectivity index (χ3n) is 5.66. The second-order valence-electron chi connectivity index (χ2n) is 7.39. The van der Waals surface area contributed by atoms with Gasteiger partial charge in [0, 0.05) is 22.8 Å². The number of amides is 1. The summed E-state index contributed by atoms with van der Waals surface area (Å²) in [6.07, 6.45) is 2.96. The van der Waals surface area contributed by atoms with Gasteiger partial charge < -0.3 is 10.6 Å². The Kier molecular flexibility index (Phi) is 6.52. The van der Waals surface area contributed by atoms with Crippen molar-refractivity contribution in [2.24, 2.45) is 0 Å². The van der Waals surface area contributed by atoms with Gasteiger partial charge in [0.05, 0.1) is 11.6 Å². The lowest BCUT2D eigenvalue weighted by Crippen LogP contribution is -2.57. The molecule has 4 nitrogen and oxygen atoms in total. The highest BCUT2D eigenvalue weighted by atomic mass is 35.5. The zero-order valence-corrected chi connectivity index (χ0v) is 17.8. The summed E-state index contributed by atoms with van der Waals surface area (Å²) in [6, 6.07) is 14.9. The molecule has 0 aromatic heterocycles. The summed E-state index contributed by atoms with van der Waals surface area (Å²) in [5.41, 5.74) is 2.46. The molecular weight excluding hydrogens is 405 g/mol. The normalized spacial score (nSPS) is 21.1. The van der Waals surface area contributed by atoms with Gasteiger partial charge in [-0.25, -0.2) is 0 Å². The molecule has 0 atom stereocenters. The summed E-state index contributed by atoms with van der Waals surface area (Å²) >= 11 is 12.4. The molecule has 3 rings (SSSR count). The monoisotopic (exact) mass is 427 g/mol. The van der Waals surface area contributed by atoms with Crippen LogP contribution in [-0.4, -0.2) is 18.5 Å². The molecule has 1 aliphatic rings. The van der Waals surface area contributed by atoms with E-state index in [1.807, 2.05) is 24.3 Å². The number of nitrogens with one attached hydrogen (secondary N) is 2. The van der Waals surface area contributed by atoms with Gasteiger partial charge in [0.15, 0.2) is 0 Å². The molecule has 0 spiro atoms. The number of carbonyl (C=O) groups is 1. The summed E-state index contributed by atoms with van der Waals surface area (Å²) in [7, 11) is 1.65. The average molecular weight is 428 g/mol. The molecule has 1 fully saturated rings. The van der Waals surface area contributed by atoms with Gasteiger partial charge in [-0.3, -0.25) is 4.79 Å². The number of hydrogen-bond acceptors (Lipinski definition) is 3. The molecule has 150 valence electrons. The van der Waals surface area contributed by atoms with Crippen molar-refractivity contribution < 1.29 is 4.79 Å². The summed E-state index contributed by atoms with van der Waals surface area (Å²) in [5.74, 6) is 0.232. The fourth-order valence-electron chi connectivity index (χ4n) is 4.01.